The molecule has 0 aliphatic carbocycles. The van der Waals surface area contributed by atoms with E-state index < -0.39 is 0 Å². The number of anilines is 1. The molecule has 0 saturated heterocycles. The van der Waals surface area contributed by atoms with Gasteiger partial charge in [0.25, 0.3) is 0 Å². The first-order valence-corrected chi connectivity index (χ1v) is 6.90. The normalized spacial score (nSPS) is 10.7. The van der Waals surface area contributed by atoms with Crippen LogP contribution in [0.15, 0.2) is 23.6 Å². The first-order valence-electron chi connectivity index (χ1n) is 6.02. The zero-order valence-corrected chi connectivity index (χ0v) is 11.9. The minimum absolute atomic E-state index is 0.531. The third-order valence-corrected chi connectivity index (χ3v) is 3.89. The van der Waals surface area contributed by atoms with Gasteiger partial charge in [-0.3, -0.25) is 4.98 Å². The van der Waals surface area contributed by atoms with Gasteiger partial charge in [0.05, 0.1) is 6.54 Å². The van der Waals surface area contributed by atoms with Crippen molar-refractivity contribution in [2.75, 3.05) is 11.9 Å². The van der Waals surface area contributed by atoms with Crippen LogP contribution in [0.2, 0.25) is 0 Å². The number of hydrogen-bond acceptors (Lipinski definition) is 4. The summed E-state index contributed by atoms with van der Waals surface area (Å²) in [7, 11) is 2.10. The standard InChI is InChI=1S/C14H19N3S/c1-10-7-14(13(8-15)11(2)16-10)17(3)9-12-5-4-6-18-12/h4-7H,8-9,15H2,1-3H3. The molecule has 96 valence electrons. The second-order valence-electron chi connectivity index (χ2n) is 4.49. The van der Waals surface area contributed by atoms with E-state index in [9.17, 15) is 0 Å². The van der Waals surface area contributed by atoms with E-state index in [-0.39, 0.29) is 0 Å². The van der Waals surface area contributed by atoms with E-state index >= 15 is 0 Å². The fourth-order valence-electron chi connectivity index (χ4n) is 2.15. The van der Waals surface area contributed by atoms with Crippen molar-refractivity contribution in [3.8, 4) is 0 Å². The van der Waals surface area contributed by atoms with E-state index in [4.69, 9.17) is 5.73 Å². The number of thiophene rings is 1. The van der Waals surface area contributed by atoms with Crippen molar-refractivity contribution in [1.29, 1.82) is 0 Å². The smallest absolute Gasteiger partial charge is 0.0519 e. The lowest BCUT2D eigenvalue weighted by Gasteiger charge is -2.23. The van der Waals surface area contributed by atoms with Crippen molar-refractivity contribution >= 4 is 17.0 Å². The highest BCUT2D eigenvalue weighted by Crippen LogP contribution is 2.25. The molecule has 2 aromatic heterocycles. The highest BCUT2D eigenvalue weighted by molar-refractivity contribution is 7.09. The number of aryl methyl sites for hydroxylation is 2. The third kappa shape index (κ3) is 2.71. The Morgan fingerprint density at radius 2 is 2.17 bits per heavy atom. The van der Waals surface area contributed by atoms with Gasteiger partial charge >= 0.3 is 0 Å². The quantitative estimate of drug-likeness (QED) is 0.920. The van der Waals surface area contributed by atoms with Crippen molar-refractivity contribution in [2.24, 2.45) is 5.73 Å². The minimum atomic E-state index is 0.531. The summed E-state index contributed by atoms with van der Waals surface area (Å²) >= 11 is 1.78. The van der Waals surface area contributed by atoms with Crippen LogP contribution in [0.5, 0.6) is 0 Å². The Morgan fingerprint density at radius 1 is 1.39 bits per heavy atom. The first-order chi connectivity index (χ1) is 8.61. The van der Waals surface area contributed by atoms with Gasteiger partial charge in [0, 0.05) is 41.1 Å². The molecule has 0 spiro atoms. The maximum Gasteiger partial charge on any atom is 0.0519 e. The monoisotopic (exact) mass is 261 g/mol. The van der Waals surface area contributed by atoms with Crippen LogP contribution in [0.1, 0.15) is 21.8 Å². The van der Waals surface area contributed by atoms with E-state index in [1.54, 1.807) is 11.3 Å². The topological polar surface area (TPSA) is 42.1 Å². The van der Waals surface area contributed by atoms with Crippen LogP contribution in [0.3, 0.4) is 0 Å². The van der Waals surface area contributed by atoms with Crippen molar-refractivity contribution in [2.45, 2.75) is 26.9 Å². The molecule has 4 heteroatoms. The Labute approximate surface area is 112 Å². The lowest BCUT2D eigenvalue weighted by molar-refractivity contribution is 0.895. The molecule has 2 heterocycles. The molecule has 0 aromatic carbocycles. The minimum Gasteiger partial charge on any atom is -0.369 e. The second kappa shape index (κ2) is 5.50. The molecule has 0 saturated carbocycles. The first kappa shape index (κ1) is 13.1. The van der Waals surface area contributed by atoms with Crippen molar-refractivity contribution < 1.29 is 0 Å². The number of pyridine rings is 1. The molecule has 0 atom stereocenters. The Bertz CT molecular complexity index is 520. The fourth-order valence-corrected chi connectivity index (χ4v) is 2.91. The summed E-state index contributed by atoms with van der Waals surface area (Å²) in [6.45, 7) is 5.49. The van der Waals surface area contributed by atoms with E-state index in [0.717, 1.165) is 23.5 Å². The van der Waals surface area contributed by atoms with Gasteiger partial charge in [-0.05, 0) is 31.4 Å². The number of rotatable bonds is 4. The number of aromatic nitrogens is 1. The zero-order valence-electron chi connectivity index (χ0n) is 11.1. The molecule has 18 heavy (non-hydrogen) atoms. The molecular weight excluding hydrogens is 242 g/mol. The van der Waals surface area contributed by atoms with E-state index in [1.807, 2.05) is 13.8 Å². The summed E-state index contributed by atoms with van der Waals surface area (Å²) in [6.07, 6.45) is 0. The Hall–Kier alpha value is -1.39. The Morgan fingerprint density at radius 3 is 2.78 bits per heavy atom. The molecule has 2 aromatic rings. The van der Waals surface area contributed by atoms with E-state index in [1.165, 1.54) is 10.6 Å². The molecule has 0 aliphatic heterocycles. The Balaban J connectivity index is 2.31. The van der Waals surface area contributed by atoms with Crippen LogP contribution in [0.25, 0.3) is 0 Å². The van der Waals surface area contributed by atoms with Gasteiger partial charge in [-0.2, -0.15) is 0 Å². The SMILES string of the molecule is Cc1cc(N(C)Cc2cccs2)c(CN)c(C)n1. The van der Waals surface area contributed by atoms with Gasteiger partial charge in [0.1, 0.15) is 0 Å². The summed E-state index contributed by atoms with van der Waals surface area (Å²) in [5.41, 5.74) is 10.3. The van der Waals surface area contributed by atoms with Crippen molar-refractivity contribution in [1.82, 2.24) is 4.98 Å². The second-order valence-corrected chi connectivity index (χ2v) is 5.52. The molecular formula is C14H19N3S. The average Bonchev–Trinajstić information content (AvgIpc) is 2.80. The van der Waals surface area contributed by atoms with Crippen LogP contribution < -0.4 is 10.6 Å². The van der Waals surface area contributed by atoms with Crippen LogP contribution in [-0.4, -0.2) is 12.0 Å². The maximum absolute atomic E-state index is 5.85. The molecule has 0 unspecified atom stereocenters. The van der Waals surface area contributed by atoms with Gasteiger partial charge in [0.2, 0.25) is 0 Å². The lowest BCUT2D eigenvalue weighted by atomic mass is 10.1. The molecule has 0 amide bonds. The molecule has 0 fully saturated rings. The number of nitrogens with zero attached hydrogens (tertiary/aromatic N) is 2. The molecule has 3 nitrogen and oxygen atoms in total. The summed E-state index contributed by atoms with van der Waals surface area (Å²) in [5, 5.41) is 2.11. The van der Waals surface area contributed by atoms with E-state index in [0.29, 0.717) is 6.54 Å². The maximum atomic E-state index is 5.85. The van der Waals surface area contributed by atoms with E-state index in [2.05, 4.69) is 40.5 Å². The predicted molar refractivity (Wildman–Crippen MR) is 78.0 cm³/mol. The van der Waals surface area contributed by atoms with Crippen molar-refractivity contribution in [3.05, 3.63) is 45.4 Å². The average molecular weight is 261 g/mol. The number of hydrogen-bond donors (Lipinski definition) is 1. The van der Waals surface area contributed by atoms with Crippen LogP contribution in [-0.2, 0) is 13.1 Å². The van der Waals surface area contributed by atoms with Gasteiger partial charge in [-0.25, -0.2) is 0 Å². The Kier molecular flexibility index (Phi) is 3.99. The van der Waals surface area contributed by atoms with Crippen LogP contribution >= 0.6 is 11.3 Å². The molecule has 2 rings (SSSR count). The van der Waals surface area contributed by atoms with Crippen molar-refractivity contribution in [3.63, 3.8) is 0 Å². The summed E-state index contributed by atoms with van der Waals surface area (Å²) in [5.74, 6) is 0. The van der Waals surface area contributed by atoms with Gasteiger partial charge < -0.3 is 10.6 Å². The summed E-state index contributed by atoms with van der Waals surface area (Å²) in [4.78, 5) is 8.08. The third-order valence-electron chi connectivity index (χ3n) is 3.02. The van der Waals surface area contributed by atoms with Gasteiger partial charge in [-0.15, -0.1) is 11.3 Å². The highest BCUT2D eigenvalue weighted by atomic mass is 32.1. The van der Waals surface area contributed by atoms with Gasteiger partial charge in [0.15, 0.2) is 0 Å². The predicted octanol–water partition coefficient (Wildman–Crippen LogP) is 2.86. The highest BCUT2D eigenvalue weighted by Gasteiger charge is 2.11. The van der Waals surface area contributed by atoms with Crippen LogP contribution in [0.4, 0.5) is 5.69 Å². The molecule has 0 bridgehead atoms. The van der Waals surface area contributed by atoms with Gasteiger partial charge in [-0.1, -0.05) is 6.07 Å². The number of nitrogens with two attached hydrogens (primary N) is 1. The molecule has 2 N–H and O–H groups in total. The summed E-state index contributed by atoms with van der Waals surface area (Å²) in [6, 6.07) is 6.35. The zero-order chi connectivity index (χ0) is 13.1. The lowest BCUT2D eigenvalue weighted by Crippen LogP contribution is -2.19. The molecule has 0 aliphatic rings. The fraction of sp³-hybridized carbons (Fsp3) is 0.357. The van der Waals surface area contributed by atoms with Crippen LogP contribution in [0, 0.1) is 13.8 Å². The molecule has 0 radical (unpaired) electrons. The summed E-state index contributed by atoms with van der Waals surface area (Å²) < 4.78 is 0. The largest absolute Gasteiger partial charge is 0.369 e.